The Hall–Kier alpha value is -1.87. The van der Waals surface area contributed by atoms with Gasteiger partial charge in [-0.05, 0) is 30.2 Å². The highest BCUT2D eigenvalue weighted by Crippen LogP contribution is 2.20. The predicted molar refractivity (Wildman–Crippen MR) is 69.5 cm³/mol. The van der Waals surface area contributed by atoms with E-state index in [1.54, 1.807) is 0 Å². The van der Waals surface area contributed by atoms with Crippen LogP contribution in [0.25, 0.3) is 0 Å². The maximum atomic E-state index is 8.84. The number of rotatable bonds is 4. The maximum absolute atomic E-state index is 8.84. The van der Waals surface area contributed by atoms with Crippen LogP contribution >= 0.6 is 0 Å². The van der Waals surface area contributed by atoms with Crippen molar-refractivity contribution in [3.8, 4) is 0 Å². The third kappa shape index (κ3) is 2.82. The number of hydrogen-bond donors (Lipinski definition) is 1. The van der Waals surface area contributed by atoms with Crippen LogP contribution in [0.1, 0.15) is 5.56 Å². The summed E-state index contributed by atoms with van der Waals surface area (Å²) in [6, 6.07) is 14.1. The van der Waals surface area contributed by atoms with E-state index in [1.165, 1.54) is 0 Å². The van der Waals surface area contributed by atoms with E-state index in [9.17, 15) is 0 Å². The minimum absolute atomic E-state index is 0.162. The largest absolute Gasteiger partial charge is 0.396 e. The van der Waals surface area contributed by atoms with Gasteiger partial charge in [-0.15, -0.1) is 0 Å². The number of para-hydroxylation sites is 1. The van der Waals surface area contributed by atoms with Gasteiger partial charge in [-0.2, -0.15) is 0 Å². The molecule has 1 aromatic carbocycles. The summed E-state index contributed by atoms with van der Waals surface area (Å²) in [5.74, 6) is 0.901. The Morgan fingerprint density at radius 1 is 1.12 bits per heavy atom. The normalized spacial score (nSPS) is 10.2. The van der Waals surface area contributed by atoms with Gasteiger partial charge in [0.1, 0.15) is 5.82 Å². The average molecular weight is 228 g/mol. The van der Waals surface area contributed by atoms with Crippen LogP contribution in [-0.4, -0.2) is 23.7 Å². The summed E-state index contributed by atoms with van der Waals surface area (Å²) in [4.78, 5) is 6.42. The van der Waals surface area contributed by atoms with Gasteiger partial charge in [0.15, 0.2) is 0 Å². The summed E-state index contributed by atoms with van der Waals surface area (Å²) in [5.41, 5.74) is 2.16. The Morgan fingerprint density at radius 3 is 2.47 bits per heavy atom. The van der Waals surface area contributed by atoms with Crippen molar-refractivity contribution in [3.05, 3.63) is 54.2 Å². The molecule has 88 valence electrons. The molecule has 0 aliphatic rings. The van der Waals surface area contributed by atoms with Crippen LogP contribution in [-0.2, 0) is 6.42 Å². The Labute approximate surface area is 101 Å². The van der Waals surface area contributed by atoms with Crippen LogP contribution in [0.4, 0.5) is 11.5 Å². The van der Waals surface area contributed by atoms with Crippen molar-refractivity contribution in [2.24, 2.45) is 0 Å². The molecule has 3 heteroatoms. The Kier molecular flexibility index (Phi) is 3.73. The van der Waals surface area contributed by atoms with E-state index < -0.39 is 0 Å². The topological polar surface area (TPSA) is 36.4 Å². The fourth-order valence-corrected chi connectivity index (χ4v) is 1.68. The first kappa shape index (κ1) is 11.6. The van der Waals surface area contributed by atoms with Gasteiger partial charge in [-0.25, -0.2) is 4.98 Å². The van der Waals surface area contributed by atoms with Crippen LogP contribution < -0.4 is 4.90 Å². The highest BCUT2D eigenvalue weighted by molar-refractivity contribution is 5.58. The molecule has 1 aromatic heterocycles. The standard InChI is InChI=1S/C14H16N2O/c1-16(13-5-3-2-4-6-13)14-8-7-12(9-10-17)11-15-14/h2-8,11,17H,9-10H2,1H3. The molecule has 3 nitrogen and oxygen atoms in total. The van der Waals surface area contributed by atoms with E-state index in [4.69, 9.17) is 5.11 Å². The molecular weight excluding hydrogens is 212 g/mol. The van der Waals surface area contributed by atoms with Crippen molar-refractivity contribution in [3.63, 3.8) is 0 Å². The molecule has 0 aliphatic carbocycles. The molecule has 0 radical (unpaired) electrons. The Balaban J connectivity index is 2.17. The molecule has 0 aliphatic heterocycles. The quantitative estimate of drug-likeness (QED) is 0.872. The molecular formula is C14H16N2O. The van der Waals surface area contributed by atoms with Crippen molar-refractivity contribution in [2.45, 2.75) is 6.42 Å². The second-order valence-corrected chi connectivity index (χ2v) is 3.89. The number of aliphatic hydroxyl groups excluding tert-OH is 1. The number of pyridine rings is 1. The number of aromatic nitrogens is 1. The van der Waals surface area contributed by atoms with E-state index in [0.29, 0.717) is 6.42 Å². The lowest BCUT2D eigenvalue weighted by Gasteiger charge is -2.18. The fraction of sp³-hybridized carbons (Fsp3) is 0.214. The lowest BCUT2D eigenvalue weighted by atomic mass is 10.2. The van der Waals surface area contributed by atoms with Crippen LogP contribution in [0.15, 0.2) is 48.7 Å². The van der Waals surface area contributed by atoms with Crippen LogP contribution in [0, 0.1) is 0 Å². The minimum Gasteiger partial charge on any atom is -0.396 e. The smallest absolute Gasteiger partial charge is 0.132 e. The second-order valence-electron chi connectivity index (χ2n) is 3.89. The zero-order valence-electron chi connectivity index (χ0n) is 9.87. The Morgan fingerprint density at radius 2 is 1.88 bits per heavy atom. The van der Waals surface area contributed by atoms with Gasteiger partial charge in [0.05, 0.1) is 0 Å². The molecule has 0 saturated heterocycles. The lowest BCUT2D eigenvalue weighted by Crippen LogP contribution is -2.10. The monoisotopic (exact) mass is 228 g/mol. The molecule has 0 unspecified atom stereocenters. The van der Waals surface area contributed by atoms with E-state index in [-0.39, 0.29) is 6.61 Å². The zero-order chi connectivity index (χ0) is 12.1. The molecule has 2 rings (SSSR count). The first-order valence-corrected chi connectivity index (χ1v) is 5.66. The fourth-order valence-electron chi connectivity index (χ4n) is 1.68. The summed E-state index contributed by atoms with van der Waals surface area (Å²) >= 11 is 0. The van der Waals surface area contributed by atoms with E-state index >= 15 is 0 Å². The van der Waals surface area contributed by atoms with Gasteiger partial charge < -0.3 is 10.0 Å². The van der Waals surface area contributed by atoms with Crippen LogP contribution in [0.2, 0.25) is 0 Å². The van der Waals surface area contributed by atoms with Gasteiger partial charge in [0.25, 0.3) is 0 Å². The molecule has 0 bridgehead atoms. The zero-order valence-corrected chi connectivity index (χ0v) is 9.87. The van der Waals surface area contributed by atoms with Crippen molar-refractivity contribution < 1.29 is 5.11 Å². The lowest BCUT2D eigenvalue weighted by molar-refractivity contribution is 0.299. The average Bonchev–Trinajstić information content (AvgIpc) is 2.40. The molecule has 1 heterocycles. The van der Waals surface area contributed by atoms with E-state index in [2.05, 4.69) is 4.98 Å². The number of benzene rings is 1. The van der Waals surface area contributed by atoms with E-state index in [0.717, 1.165) is 17.1 Å². The summed E-state index contributed by atoms with van der Waals surface area (Å²) < 4.78 is 0. The third-order valence-corrected chi connectivity index (χ3v) is 2.70. The summed E-state index contributed by atoms with van der Waals surface area (Å²) in [6.07, 6.45) is 2.47. The van der Waals surface area contributed by atoms with Crippen molar-refractivity contribution >= 4 is 11.5 Å². The number of nitrogens with zero attached hydrogens (tertiary/aromatic N) is 2. The summed E-state index contributed by atoms with van der Waals surface area (Å²) in [7, 11) is 1.99. The minimum atomic E-state index is 0.162. The molecule has 2 aromatic rings. The first-order chi connectivity index (χ1) is 8.31. The number of hydrogen-bond acceptors (Lipinski definition) is 3. The summed E-state index contributed by atoms with van der Waals surface area (Å²) in [6.45, 7) is 0.162. The first-order valence-electron chi connectivity index (χ1n) is 5.66. The van der Waals surface area contributed by atoms with Gasteiger partial charge in [-0.1, -0.05) is 24.3 Å². The number of aliphatic hydroxyl groups is 1. The van der Waals surface area contributed by atoms with Crippen molar-refractivity contribution in [2.75, 3.05) is 18.6 Å². The van der Waals surface area contributed by atoms with Crippen LogP contribution in [0.3, 0.4) is 0 Å². The third-order valence-electron chi connectivity index (χ3n) is 2.70. The highest BCUT2D eigenvalue weighted by Gasteiger charge is 2.04. The van der Waals surface area contributed by atoms with Gasteiger partial charge in [-0.3, -0.25) is 0 Å². The molecule has 1 N–H and O–H groups in total. The van der Waals surface area contributed by atoms with Gasteiger partial charge in [0.2, 0.25) is 0 Å². The maximum Gasteiger partial charge on any atom is 0.132 e. The van der Waals surface area contributed by atoms with Crippen LogP contribution in [0.5, 0.6) is 0 Å². The second kappa shape index (κ2) is 5.46. The predicted octanol–water partition coefficient (Wildman–Crippen LogP) is 2.38. The highest BCUT2D eigenvalue weighted by atomic mass is 16.2. The molecule has 17 heavy (non-hydrogen) atoms. The van der Waals surface area contributed by atoms with Gasteiger partial charge >= 0.3 is 0 Å². The Bertz CT molecular complexity index is 453. The van der Waals surface area contributed by atoms with Gasteiger partial charge in [0, 0.05) is 25.5 Å². The van der Waals surface area contributed by atoms with E-state index in [1.807, 2.05) is 60.6 Å². The number of anilines is 2. The molecule has 0 atom stereocenters. The molecule has 0 amide bonds. The van der Waals surface area contributed by atoms with Crippen molar-refractivity contribution in [1.82, 2.24) is 4.98 Å². The molecule has 0 spiro atoms. The summed E-state index contributed by atoms with van der Waals surface area (Å²) in [5, 5.41) is 8.84. The van der Waals surface area contributed by atoms with Crippen molar-refractivity contribution in [1.29, 1.82) is 0 Å². The SMILES string of the molecule is CN(c1ccccc1)c1ccc(CCO)cn1. The molecule has 0 saturated carbocycles. The molecule has 0 fully saturated rings.